The lowest BCUT2D eigenvalue weighted by Crippen LogP contribution is -2.53. The van der Waals surface area contributed by atoms with Gasteiger partial charge in [0.05, 0.1) is 0 Å². The van der Waals surface area contributed by atoms with Crippen LogP contribution >= 0.6 is 0 Å². The second-order valence-electron chi connectivity index (χ2n) is 9.87. The van der Waals surface area contributed by atoms with Gasteiger partial charge in [-0.25, -0.2) is 4.90 Å². The predicted molar refractivity (Wildman–Crippen MR) is 157 cm³/mol. The zero-order chi connectivity index (χ0) is 32.8. The van der Waals surface area contributed by atoms with Gasteiger partial charge in [0.15, 0.2) is 35.5 Å². The summed E-state index contributed by atoms with van der Waals surface area (Å²) in [5, 5.41) is 41.3. The third kappa shape index (κ3) is 10.4. The van der Waals surface area contributed by atoms with Gasteiger partial charge in [0.25, 0.3) is 10.2 Å². The van der Waals surface area contributed by atoms with Crippen molar-refractivity contribution in [2.24, 2.45) is 0 Å². The average Bonchev–Trinajstić information content (AvgIpc) is 2.95. The Hall–Kier alpha value is -4.40. The van der Waals surface area contributed by atoms with Crippen LogP contribution in [0.15, 0.2) is 36.4 Å². The molecule has 15 heteroatoms. The standard InChI is InChI=1S/C29H43N3O12/c1-7-13-21(14-8-2)30(26(9-3)41-24-17-11-15-22(28(24)33)39-19(5)43-31(35)36)27(10-4)42-25-18-12-16-23(29(25)34)40-20(6)44-32(37)38/h11-12,15-21,26-27,33-34H,7-10,13-14H2,1-6H3. The number of phenolic OH excluding ortho intramolecular Hbond substituents is 2. The molecular weight excluding hydrogens is 582 g/mol. The third-order valence-electron chi connectivity index (χ3n) is 6.53. The second-order valence-corrected chi connectivity index (χ2v) is 9.87. The Kier molecular flexibility index (Phi) is 14.4. The number of benzene rings is 2. The highest BCUT2D eigenvalue weighted by Crippen LogP contribution is 2.40. The van der Waals surface area contributed by atoms with Gasteiger partial charge in [-0.05, 0) is 63.8 Å². The van der Waals surface area contributed by atoms with Crippen LogP contribution in [0.4, 0.5) is 0 Å². The summed E-state index contributed by atoms with van der Waals surface area (Å²) in [4.78, 5) is 32.2. The summed E-state index contributed by atoms with van der Waals surface area (Å²) in [6.07, 6.45) is 0.523. The van der Waals surface area contributed by atoms with E-state index >= 15 is 0 Å². The van der Waals surface area contributed by atoms with E-state index in [1.165, 1.54) is 26.0 Å². The fourth-order valence-electron chi connectivity index (χ4n) is 4.80. The lowest BCUT2D eigenvalue weighted by atomic mass is 10.0. The van der Waals surface area contributed by atoms with Crippen LogP contribution < -0.4 is 18.9 Å². The highest BCUT2D eigenvalue weighted by atomic mass is 17.0. The van der Waals surface area contributed by atoms with E-state index in [9.17, 15) is 30.4 Å². The number of para-hydroxylation sites is 2. The van der Waals surface area contributed by atoms with Gasteiger partial charge in [0.1, 0.15) is 0 Å². The fraction of sp³-hybridized carbons (Fsp3) is 0.586. The molecule has 2 rings (SSSR count). The zero-order valence-electron chi connectivity index (χ0n) is 25.9. The number of hydrogen-bond donors (Lipinski definition) is 2. The highest BCUT2D eigenvalue weighted by molar-refractivity contribution is 5.51. The summed E-state index contributed by atoms with van der Waals surface area (Å²) in [7, 11) is 0. The fourth-order valence-corrected chi connectivity index (χ4v) is 4.80. The Labute approximate surface area is 256 Å². The molecule has 0 amide bonds. The van der Waals surface area contributed by atoms with Crippen molar-refractivity contribution in [2.75, 3.05) is 0 Å². The van der Waals surface area contributed by atoms with Crippen LogP contribution in [0, 0.1) is 20.2 Å². The Bertz CT molecular complexity index is 1110. The van der Waals surface area contributed by atoms with Crippen LogP contribution in [0.1, 0.15) is 80.1 Å². The lowest BCUT2D eigenvalue weighted by molar-refractivity contribution is -0.776. The summed E-state index contributed by atoms with van der Waals surface area (Å²) < 4.78 is 23.5. The first-order chi connectivity index (χ1) is 20.9. The van der Waals surface area contributed by atoms with Crippen LogP contribution in [-0.4, -0.2) is 56.4 Å². The minimum atomic E-state index is -1.28. The summed E-state index contributed by atoms with van der Waals surface area (Å²) in [5.74, 6) is -0.640. The molecule has 0 fully saturated rings. The quantitative estimate of drug-likeness (QED) is 0.0913. The topological polar surface area (TPSA) is 185 Å². The first kappa shape index (κ1) is 35.8. The molecule has 2 aromatic carbocycles. The largest absolute Gasteiger partial charge is 0.502 e. The molecule has 2 aromatic rings. The van der Waals surface area contributed by atoms with Crippen molar-refractivity contribution >= 4 is 0 Å². The first-order valence-electron chi connectivity index (χ1n) is 14.7. The van der Waals surface area contributed by atoms with Crippen molar-refractivity contribution in [2.45, 2.75) is 111 Å². The predicted octanol–water partition coefficient (Wildman–Crippen LogP) is 6.16. The molecule has 4 atom stereocenters. The van der Waals surface area contributed by atoms with Gasteiger partial charge in [0.2, 0.25) is 24.1 Å². The molecule has 44 heavy (non-hydrogen) atoms. The van der Waals surface area contributed by atoms with Gasteiger partial charge in [0, 0.05) is 6.04 Å². The molecule has 246 valence electrons. The molecule has 2 N–H and O–H groups in total. The molecule has 15 nitrogen and oxygen atoms in total. The van der Waals surface area contributed by atoms with Crippen molar-refractivity contribution in [3.63, 3.8) is 0 Å². The van der Waals surface area contributed by atoms with E-state index in [0.29, 0.717) is 12.8 Å². The molecule has 0 aliphatic rings. The Morgan fingerprint density at radius 1 is 0.682 bits per heavy atom. The first-order valence-corrected chi connectivity index (χ1v) is 14.7. The van der Waals surface area contributed by atoms with Crippen molar-refractivity contribution in [1.29, 1.82) is 0 Å². The maximum Gasteiger partial charge on any atom is 0.298 e. The van der Waals surface area contributed by atoms with E-state index in [0.717, 1.165) is 25.7 Å². The summed E-state index contributed by atoms with van der Waals surface area (Å²) in [6, 6.07) is 9.13. The van der Waals surface area contributed by atoms with Gasteiger partial charge in [-0.15, -0.1) is 20.2 Å². The summed E-state index contributed by atoms with van der Waals surface area (Å²) >= 11 is 0. The van der Waals surface area contributed by atoms with E-state index in [2.05, 4.69) is 28.4 Å². The minimum absolute atomic E-state index is 0.00919. The average molecular weight is 626 g/mol. The Balaban J connectivity index is 2.45. The molecule has 4 unspecified atom stereocenters. The molecule has 0 bridgehead atoms. The summed E-state index contributed by atoms with van der Waals surface area (Å²) in [5.41, 5.74) is 0. The molecule has 0 aliphatic heterocycles. The van der Waals surface area contributed by atoms with Gasteiger partial charge in [-0.3, -0.25) is 9.68 Å². The number of rotatable bonds is 21. The Morgan fingerprint density at radius 3 is 1.32 bits per heavy atom. The number of phenols is 2. The maximum absolute atomic E-state index is 10.9. The SMILES string of the molecule is CCCC(CCC)N(C(CC)Oc1cccc(OC(C)O[N+](=O)[O-])c1O)C(CC)Oc1cccc(OC(C)O[N+](=O)[O-])c1O. The van der Waals surface area contributed by atoms with E-state index in [1.807, 2.05) is 13.8 Å². The number of nitrogens with zero attached hydrogens (tertiary/aromatic N) is 3. The highest BCUT2D eigenvalue weighted by Gasteiger charge is 2.34. The second kappa shape index (κ2) is 17.7. The molecule has 0 heterocycles. The van der Waals surface area contributed by atoms with Crippen LogP contribution in [0.5, 0.6) is 34.5 Å². The molecule has 0 saturated heterocycles. The van der Waals surface area contributed by atoms with Crippen LogP contribution in [-0.2, 0) is 9.68 Å². The van der Waals surface area contributed by atoms with Crippen LogP contribution in [0.25, 0.3) is 0 Å². The van der Waals surface area contributed by atoms with E-state index in [4.69, 9.17) is 18.9 Å². The van der Waals surface area contributed by atoms with Gasteiger partial charge >= 0.3 is 0 Å². The number of aromatic hydroxyl groups is 2. The molecule has 0 aromatic heterocycles. The molecular formula is C29H43N3O12. The van der Waals surface area contributed by atoms with Gasteiger partial charge < -0.3 is 29.2 Å². The Morgan fingerprint density at radius 2 is 1.02 bits per heavy atom. The maximum atomic E-state index is 10.9. The van der Waals surface area contributed by atoms with Crippen molar-refractivity contribution in [3.8, 4) is 34.5 Å². The van der Waals surface area contributed by atoms with Crippen molar-refractivity contribution in [1.82, 2.24) is 4.90 Å². The minimum Gasteiger partial charge on any atom is -0.502 e. The third-order valence-corrected chi connectivity index (χ3v) is 6.53. The molecule has 0 aliphatic carbocycles. The van der Waals surface area contributed by atoms with E-state index in [1.54, 1.807) is 24.3 Å². The monoisotopic (exact) mass is 625 g/mol. The summed E-state index contributed by atoms with van der Waals surface area (Å²) in [6.45, 7) is 10.6. The zero-order valence-corrected chi connectivity index (χ0v) is 25.9. The van der Waals surface area contributed by atoms with Crippen molar-refractivity contribution in [3.05, 3.63) is 56.6 Å². The number of hydrogen-bond acceptors (Lipinski definition) is 13. The van der Waals surface area contributed by atoms with Gasteiger partial charge in [-0.2, -0.15) is 0 Å². The van der Waals surface area contributed by atoms with Crippen LogP contribution in [0.3, 0.4) is 0 Å². The van der Waals surface area contributed by atoms with Gasteiger partial charge in [-0.1, -0.05) is 52.7 Å². The normalized spacial score (nSPS) is 13.9. The molecule has 0 saturated carbocycles. The molecule has 0 spiro atoms. The van der Waals surface area contributed by atoms with E-state index in [-0.39, 0.29) is 40.5 Å². The number of ether oxygens (including phenoxy) is 4. The van der Waals surface area contributed by atoms with Crippen molar-refractivity contribution < 1.29 is 49.0 Å². The smallest absolute Gasteiger partial charge is 0.298 e. The molecule has 0 radical (unpaired) electrons. The van der Waals surface area contributed by atoms with E-state index < -0.39 is 35.2 Å². The van der Waals surface area contributed by atoms with Crippen LogP contribution in [0.2, 0.25) is 0 Å². The lowest BCUT2D eigenvalue weighted by Gasteiger charge is -2.42.